The van der Waals surface area contributed by atoms with Crippen molar-refractivity contribution in [3.05, 3.63) is 57.0 Å². The van der Waals surface area contributed by atoms with Gasteiger partial charge in [-0.3, -0.25) is 10.1 Å². The first-order chi connectivity index (χ1) is 10.0. The van der Waals surface area contributed by atoms with Crippen molar-refractivity contribution in [3.8, 4) is 0 Å². The first-order valence-corrected chi connectivity index (χ1v) is 6.00. The van der Waals surface area contributed by atoms with Crippen LogP contribution >= 0.6 is 0 Å². The molecule has 7 nitrogen and oxygen atoms in total. The molecule has 0 saturated carbocycles. The number of ether oxygens (including phenoxy) is 1. The highest BCUT2D eigenvalue weighted by Crippen LogP contribution is 2.24. The predicted molar refractivity (Wildman–Crippen MR) is 74.6 cm³/mol. The molecule has 108 valence electrons. The zero-order valence-corrected chi connectivity index (χ0v) is 11.4. The van der Waals surface area contributed by atoms with Crippen molar-refractivity contribution in [1.29, 1.82) is 0 Å². The van der Waals surface area contributed by atoms with E-state index in [2.05, 4.69) is 9.89 Å². The van der Waals surface area contributed by atoms with E-state index in [4.69, 9.17) is 4.52 Å². The monoisotopic (exact) mass is 288 g/mol. The summed E-state index contributed by atoms with van der Waals surface area (Å²) in [5.74, 6) is -0.346. The first-order valence-electron chi connectivity index (χ1n) is 6.00. The number of aryl methyl sites for hydroxylation is 1. The lowest BCUT2D eigenvalue weighted by molar-refractivity contribution is -0.386. The Balaban J connectivity index is 2.22. The maximum absolute atomic E-state index is 11.3. The van der Waals surface area contributed by atoms with Crippen LogP contribution in [0.1, 0.15) is 27.4 Å². The third-order valence-electron chi connectivity index (χ3n) is 2.80. The molecule has 2 rings (SSSR count). The molecule has 0 atom stereocenters. The summed E-state index contributed by atoms with van der Waals surface area (Å²) in [6.45, 7) is 1.50. The van der Waals surface area contributed by atoms with Crippen molar-refractivity contribution < 1.29 is 19.0 Å². The fourth-order valence-corrected chi connectivity index (χ4v) is 1.73. The molecule has 21 heavy (non-hydrogen) atoms. The summed E-state index contributed by atoms with van der Waals surface area (Å²) in [7, 11) is 1.31. The SMILES string of the molecule is COC(=O)c1ccc(C=Cc2onc(C)c2[N+](=O)[O-])cc1. The standard InChI is InChI=1S/C14H12N2O5/c1-9-13(16(18)19)12(21-15-9)8-5-10-3-6-11(7-4-10)14(17)20-2/h3-8H,1-2H3. The van der Waals surface area contributed by atoms with E-state index in [1.165, 1.54) is 20.1 Å². The van der Waals surface area contributed by atoms with E-state index in [9.17, 15) is 14.9 Å². The summed E-state index contributed by atoms with van der Waals surface area (Å²) >= 11 is 0. The number of rotatable bonds is 4. The molecule has 0 unspecified atom stereocenters. The number of hydrogen-bond donors (Lipinski definition) is 0. The largest absolute Gasteiger partial charge is 0.465 e. The highest BCUT2D eigenvalue weighted by molar-refractivity contribution is 5.89. The quantitative estimate of drug-likeness (QED) is 0.487. The number of nitro groups is 1. The van der Waals surface area contributed by atoms with Crippen molar-refractivity contribution in [2.75, 3.05) is 7.11 Å². The van der Waals surface area contributed by atoms with Gasteiger partial charge in [0.15, 0.2) is 5.69 Å². The molecule has 1 heterocycles. The summed E-state index contributed by atoms with van der Waals surface area (Å²) in [6.07, 6.45) is 3.10. The van der Waals surface area contributed by atoms with Crippen molar-refractivity contribution in [3.63, 3.8) is 0 Å². The fourth-order valence-electron chi connectivity index (χ4n) is 1.73. The number of benzene rings is 1. The summed E-state index contributed by atoms with van der Waals surface area (Å²) in [6, 6.07) is 6.59. The minimum atomic E-state index is -0.536. The topological polar surface area (TPSA) is 95.5 Å². The molecule has 0 aliphatic rings. The van der Waals surface area contributed by atoms with Gasteiger partial charge >= 0.3 is 11.7 Å². The van der Waals surface area contributed by atoms with Gasteiger partial charge in [0, 0.05) is 0 Å². The second-order valence-corrected chi connectivity index (χ2v) is 4.18. The second kappa shape index (κ2) is 6.00. The molecule has 0 spiro atoms. The third-order valence-corrected chi connectivity index (χ3v) is 2.80. The molecule has 0 fully saturated rings. The highest BCUT2D eigenvalue weighted by atomic mass is 16.6. The van der Waals surface area contributed by atoms with E-state index in [1.807, 2.05) is 0 Å². The van der Waals surface area contributed by atoms with Gasteiger partial charge in [-0.25, -0.2) is 4.79 Å². The van der Waals surface area contributed by atoms with E-state index in [0.29, 0.717) is 5.56 Å². The Bertz CT molecular complexity index is 701. The van der Waals surface area contributed by atoms with Crippen LogP contribution in [0.15, 0.2) is 28.8 Å². The summed E-state index contributed by atoms with van der Waals surface area (Å²) in [5.41, 5.74) is 1.25. The lowest BCUT2D eigenvalue weighted by Gasteiger charge is -1.98. The Morgan fingerprint density at radius 1 is 1.33 bits per heavy atom. The maximum atomic E-state index is 11.3. The number of aromatic nitrogens is 1. The molecule has 0 N–H and O–H groups in total. The van der Waals surface area contributed by atoms with Gasteiger partial charge < -0.3 is 9.26 Å². The predicted octanol–water partition coefficient (Wildman–Crippen LogP) is 2.85. The molecule has 1 aromatic heterocycles. The van der Waals surface area contributed by atoms with Crippen molar-refractivity contribution in [2.45, 2.75) is 6.92 Å². The van der Waals surface area contributed by atoms with E-state index in [0.717, 1.165) is 5.56 Å². The van der Waals surface area contributed by atoms with Crippen LogP contribution in [-0.2, 0) is 4.74 Å². The van der Waals surface area contributed by atoms with Crippen molar-refractivity contribution in [2.24, 2.45) is 0 Å². The Kier molecular flexibility index (Phi) is 4.13. The molecule has 0 aliphatic heterocycles. The van der Waals surface area contributed by atoms with Crippen LogP contribution in [0, 0.1) is 17.0 Å². The third kappa shape index (κ3) is 3.14. The smallest absolute Gasteiger partial charge is 0.338 e. The van der Waals surface area contributed by atoms with Gasteiger partial charge in [-0.15, -0.1) is 0 Å². The Morgan fingerprint density at radius 2 is 2.00 bits per heavy atom. The first kappa shape index (κ1) is 14.4. The van der Waals surface area contributed by atoms with Crippen LogP contribution in [0.5, 0.6) is 0 Å². The van der Waals surface area contributed by atoms with Crippen LogP contribution < -0.4 is 0 Å². The van der Waals surface area contributed by atoms with Crippen LogP contribution in [0.4, 0.5) is 5.69 Å². The van der Waals surface area contributed by atoms with Gasteiger partial charge in [0.25, 0.3) is 0 Å². The Morgan fingerprint density at radius 3 is 2.57 bits per heavy atom. The molecule has 7 heteroatoms. The minimum Gasteiger partial charge on any atom is -0.465 e. The second-order valence-electron chi connectivity index (χ2n) is 4.18. The molecule has 0 amide bonds. The molecule has 0 aliphatic carbocycles. The van der Waals surface area contributed by atoms with Crippen LogP contribution in [-0.4, -0.2) is 23.2 Å². The zero-order chi connectivity index (χ0) is 15.4. The highest BCUT2D eigenvalue weighted by Gasteiger charge is 2.21. The number of methoxy groups -OCH3 is 1. The number of esters is 1. The van der Waals surface area contributed by atoms with E-state index in [1.54, 1.807) is 30.3 Å². The summed E-state index contributed by atoms with van der Waals surface area (Å²) in [5, 5.41) is 14.5. The lowest BCUT2D eigenvalue weighted by atomic mass is 10.1. The van der Waals surface area contributed by atoms with Crippen molar-refractivity contribution >= 4 is 23.8 Å². The average molecular weight is 288 g/mol. The zero-order valence-electron chi connectivity index (χ0n) is 11.4. The maximum Gasteiger partial charge on any atom is 0.338 e. The molecule has 0 radical (unpaired) electrons. The lowest BCUT2D eigenvalue weighted by Crippen LogP contribution is -2.00. The minimum absolute atomic E-state index is 0.0783. The van der Waals surface area contributed by atoms with Crippen LogP contribution in [0.2, 0.25) is 0 Å². The number of carbonyl (C=O) groups excluding carboxylic acids is 1. The van der Waals surface area contributed by atoms with Gasteiger partial charge in [-0.1, -0.05) is 23.4 Å². The Hall–Kier alpha value is -2.96. The van der Waals surface area contributed by atoms with E-state index in [-0.39, 0.29) is 17.1 Å². The molecule has 1 aromatic carbocycles. The van der Waals surface area contributed by atoms with Gasteiger partial charge in [-0.05, 0) is 30.7 Å². The van der Waals surface area contributed by atoms with E-state index >= 15 is 0 Å². The van der Waals surface area contributed by atoms with Gasteiger partial charge in [0.2, 0.25) is 5.76 Å². The number of carbonyl (C=O) groups is 1. The number of hydrogen-bond acceptors (Lipinski definition) is 6. The molecular formula is C14H12N2O5. The van der Waals surface area contributed by atoms with E-state index < -0.39 is 10.9 Å². The number of nitrogens with zero attached hydrogens (tertiary/aromatic N) is 2. The fraction of sp³-hybridized carbons (Fsp3) is 0.143. The van der Waals surface area contributed by atoms with Gasteiger partial charge in [-0.2, -0.15) is 0 Å². The normalized spacial score (nSPS) is 10.8. The van der Waals surface area contributed by atoms with Gasteiger partial charge in [0.1, 0.15) is 0 Å². The molecule has 0 saturated heterocycles. The molecular weight excluding hydrogens is 276 g/mol. The average Bonchev–Trinajstić information content (AvgIpc) is 2.86. The molecule has 0 bridgehead atoms. The van der Waals surface area contributed by atoms with Crippen LogP contribution in [0.3, 0.4) is 0 Å². The van der Waals surface area contributed by atoms with Gasteiger partial charge in [0.05, 0.1) is 17.6 Å². The summed E-state index contributed by atoms with van der Waals surface area (Å²) < 4.78 is 9.50. The Labute approximate surface area is 120 Å². The van der Waals surface area contributed by atoms with Crippen LogP contribution in [0.25, 0.3) is 12.2 Å². The van der Waals surface area contributed by atoms with Crippen molar-refractivity contribution in [1.82, 2.24) is 5.16 Å². The summed E-state index contributed by atoms with van der Waals surface area (Å²) in [4.78, 5) is 21.6. The molecule has 2 aromatic rings.